The zero-order valence-corrected chi connectivity index (χ0v) is 12.6. The highest BCUT2D eigenvalue weighted by atomic mass is 16.5. The summed E-state index contributed by atoms with van der Waals surface area (Å²) >= 11 is 0. The van der Waals surface area contributed by atoms with Crippen molar-refractivity contribution in [2.75, 3.05) is 38.7 Å². The normalized spacial score (nSPS) is 13.8. The monoisotopic (exact) mass is 292 g/mol. The average Bonchev–Trinajstić information content (AvgIpc) is 2.49. The first-order valence-electron chi connectivity index (χ1n) is 7.48. The van der Waals surface area contributed by atoms with E-state index in [4.69, 9.17) is 10.5 Å². The van der Waals surface area contributed by atoms with Crippen LogP contribution in [-0.2, 0) is 17.6 Å². The molecule has 0 radical (unpaired) electrons. The number of fused-ring (bicyclic) bond motifs is 1. The van der Waals surface area contributed by atoms with Gasteiger partial charge < -0.3 is 21.1 Å². The fourth-order valence-corrected chi connectivity index (χ4v) is 2.52. The van der Waals surface area contributed by atoms with E-state index in [9.17, 15) is 4.79 Å². The van der Waals surface area contributed by atoms with Crippen molar-refractivity contribution in [2.24, 2.45) is 5.73 Å². The van der Waals surface area contributed by atoms with Gasteiger partial charge in [0.05, 0.1) is 12.2 Å². The number of anilines is 1. The highest BCUT2D eigenvalue weighted by Gasteiger charge is 2.17. The van der Waals surface area contributed by atoms with Crippen LogP contribution >= 0.6 is 0 Å². The van der Waals surface area contributed by atoms with Crippen LogP contribution in [0.5, 0.6) is 0 Å². The lowest BCUT2D eigenvalue weighted by atomic mass is 9.94. The van der Waals surface area contributed by atoms with Crippen LogP contribution in [-0.4, -0.2) is 44.2 Å². The van der Waals surface area contributed by atoms with Crippen LogP contribution < -0.4 is 16.4 Å². The lowest BCUT2D eigenvalue weighted by molar-refractivity contribution is 0.100. The molecule has 4 N–H and O–H groups in total. The zero-order chi connectivity index (χ0) is 15.1. The summed E-state index contributed by atoms with van der Waals surface area (Å²) in [5, 5.41) is 6.44. The molecule has 0 saturated carbocycles. The van der Waals surface area contributed by atoms with Crippen LogP contribution in [0.2, 0.25) is 0 Å². The smallest absolute Gasteiger partial charge is 0.252 e. The van der Waals surface area contributed by atoms with Crippen LogP contribution in [0, 0.1) is 0 Å². The van der Waals surface area contributed by atoms with E-state index in [1.807, 2.05) is 6.07 Å². The standard InChI is InChI=1S/C15H24N4O2/c1-21-9-8-17-6-7-18-15-12(14(16)20)10-11-4-2-3-5-13(11)19-15/h10,17H,2-9H2,1H3,(H2,16,20)(H,18,19). The Bertz CT molecular complexity index is 491. The average molecular weight is 292 g/mol. The van der Waals surface area contributed by atoms with Crippen molar-refractivity contribution >= 4 is 11.7 Å². The Morgan fingerprint density at radius 2 is 2.14 bits per heavy atom. The molecule has 1 aliphatic carbocycles. The first-order valence-corrected chi connectivity index (χ1v) is 7.48. The summed E-state index contributed by atoms with van der Waals surface area (Å²) in [6, 6.07) is 1.91. The highest BCUT2D eigenvalue weighted by molar-refractivity contribution is 5.97. The van der Waals surface area contributed by atoms with Gasteiger partial charge in [-0.1, -0.05) is 0 Å². The number of aryl methyl sites for hydroxylation is 2. The first kappa shape index (κ1) is 15.7. The number of nitrogens with one attached hydrogen (secondary N) is 2. The molecule has 21 heavy (non-hydrogen) atoms. The van der Waals surface area contributed by atoms with Crippen molar-refractivity contribution in [3.05, 3.63) is 22.9 Å². The van der Waals surface area contributed by atoms with Gasteiger partial charge >= 0.3 is 0 Å². The quantitative estimate of drug-likeness (QED) is 0.614. The molecule has 1 aromatic rings. The van der Waals surface area contributed by atoms with Gasteiger partial charge in [-0.05, 0) is 37.3 Å². The topological polar surface area (TPSA) is 89.3 Å². The fraction of sp³-hybridized carbons (Fsp3) is 0.600. The number of hydrogen-bond donors (Lipinski definition) is 3. The predicted octanol–water partition coefficient (Wildman–Crippen LogP) is 0.707. The van der Waals surface area contributed by atoms with Gasteiger partial charge in [-0.25, -0.2) is 4.98 Å². The summed E-state index contributed by atoms with van der Waals surface area (Å²) < 4.78 is 4.96. The number of aromatic nitrogens is 1. The number of hydrogen-bond acceptors (Lipinski definition) is 5. The second kappa shape index (κ2) is 7.95. The highest BCUT2D eigenvalue weighted by Crippen LogP contribution is 2.24. The van der Waals surface area contributed by atoms with Gasteiger partial charge in [0, 0.05) is 32.4 Å². The Balaban J connectivity index is 1.98. The van der Waals surface area contributed by atoms with Gasteiger partial charge in [0.25, 0.3) is 5.91 Å². The van der Waals surface area contributed by atoms with Crippen molar-refractivity contribution in [3.8, 4) is 0 Å². The second-order valence-electron chi connectivity index (χ2n) is 5.23. The molecule has 1 aromatic heterocycles. The first-order chi connectivity index (χ1) is 10.2. The molecule has 2 rings (SSSR count). The summed E-state index contributed by atoms with van der Waals surface area (Å²) in [7, 11) is 1.68. The lowest BCUT2D eigenvalue weighted by Crippen LogP contribution is -2.27. The van der Waals surface area contributed by atoms with Gasteiger partial charge in [-0.3, -0.25) is 4.79 Å². The van der Waals surface area contributed by atoms with Crippen LogP contribution in [0.4, 0.5) is 5.82 Å². The molecule has 1 aliphatic rings. The van der Waals surface area contributed by atoms with Gasteiger partial charge in [-0.2, -0.15) is 0 Å². The minimum atomic E-state index is -0.425. The Hall–Kier alpha value is -1.66. The molecule has 0 unspecified atom stereocenters. The second-order valence-corrected chi connectivity index (χ2v) is 5.23. The number of carbonyl (C=O) groups is 1. The van der Waals surface area contributed by atoms with E-state index in [0.717, 1.165) is 44.5 Å². The van der Waals surface area contributed by atoms with Crippen LogP contribution in [0.25, 0.3) is 0 Å². The number of pyridine rings is 1. The lowest BCUT2D eigenvalue weighted by Gasteiger charge is -2.18. The Morgan fingerprint density at radius 1 is 1.33 bits per heavy atom. The van der Waals surface area contributed by atoms with E-state index in [1.165, 1.54) is 5.56 Å². The summed E-state index contributed by atoms with van der Waals surface area (Å²) in [4.78, 5) is 16.2. The number of methoxy groups -OCH3 is 1. The van der Waals surface area contributed by atoms with Crippen molar-refractivity contribution in [1.82, 2.24) is 10.3 Å². The van der Waals surface area contributed by atoms with Crippen molar-refractivity contribution < 1.29 is 9.53 Å². The maximum Gasteiger partial charge on any atom is 0.252 e. The number of ether oxygens (including phenoxy) is 1. The number of rotatable bonds is 8. The Labute approximate surface area is 125 Å². The van der Waals surface area contributed by atoms with Crippen LogP contribution in [0.1, 0.15) is 34.5 Å². The molecule has 0 atom stereocenters. The molecule has 0 bridgehead atoms. The maximum atomic E-state index is 11.6. The van der Waals surface area contributed by atoms with Gasteiger partial charge in [0.2, 0.25) is 0 Å². The van der Waals surface area contributed by atoms with Gasteiger partial charge in [0.1, 0.15) is 5.82 Å². The summed E-state index contributed by atoms with van der Waals surface area (Å²) in [5.74, 6) is 0.183. The molecule has 0 aromatic carbocycles. The number of carbonyl (C=O) groups excluding carboxylic acids is 1. The molecule has 1 heterocycles. The largest absolute Gasteiger partial charge is 0.383 e. The number of primary amides is 1. The SMILES string of the molecule is COCCNCCNc1nc2c(cc1C(N)=O)CCCC2. The third-order valence-corrected chi connectivity index (χ3v) is 3.64. The molecular weight excluding hydrogens is 268 g/mol. The van der Waals surface area contributed by atoms with E-state index >= 15 is 0 Å². The molecule has 116 valence electrons. The van der Waals surface area contributed by atoms with Gasteiger partial charge in [0.15, 0.2) is 0 Å². The third-order valence-electron chi connectivity index (χ3n) is 3.64. The fourth-order valence-electron chi connectivity index (χ4n) is 2.52. The zero-order valence-electron chi connectivity index (χ0n) is 12.6. The van der Waals surface area contributed by atoms with E-state index < -0.39 is 5.91 Å². The molecule has 0 saturated heterocycles. The van der Waals surface area contributed by atoms with Crippen molar-refractivity contribution in [2.45, 2.75) is 25.7 Å². The Morgan fingerprint density at radius 3 is 2.90 bits per heavy atom. The minimum absolute atomic E-state index is 0.425. The number of nitrogens with two attached hydrogens (primary N) is 1. The van der Waals surface area contributed by atoms with Gasteiger partial charge in [-0.15, -0.1) is 0 Å². The number of nitrogens with zero attached hydrogens (tertiary/aromatic N) is 1. The molecular formula is C15H24N4O2. The third kappa shape index (κ3) is 4.41. The summed E-state index contributed by atoms with van der Waals surface area (Å²) in [5.41, 5.74) is 8.22. The molecule has 0 aliphatic heterocycles. The van der Waals surface area contributed by atoms with Crippen molar-refractivity contribution in [1.29, 1.82) is 0 Å². The molecule has 0 spiro atoms. The minimum Gasteiger partial charge on any atom is -0.383 e. The Kier molecular flexibility index (Phi) is 5.95. The van der Waals surface area contributed by atoms with E-state index in [1.54, 1.807) is 7.11 Å². The molecule has 6 heteroatoms. The molecule has 0 fully saturated rings. The van der Waals surface area contributed by atoms with E-state index in [2.05, 4.69) is 15.6 Å². The number of amides is 1. The molecule has 1 amide bonds. The maximum absolute atomic E-state index is 11.6. The molecule has 6 nitrogen and oxygen atoms in total. The van der Waals surface area contributed by atoms with Crippen LogP contribution in [0.15, 0.2) is 6.07 Å². The van der Waals surface area contributed by atoms with Crippen LogP contribution in [0.3, 0.4) is 0 Å². The summed E-state index contributed by atoms with van der Waals surface area (Å²) in [6.07, 6.45) is 4.29. The van der Waals surface area contributed by atoms with Crippen molar-refractivity contribution in [3.63, 3.8) is 0 Å². The van der Waals surface area contributed by atoms with E-state index in [0.29, 0.717) is 24.5 Å². The summed E-state index contributed by atoms with van der Waals surface area (Å²) in [6.45, 7) is 2.96. The van der Waals surface area contributed by atoms with E-state index in [-0.39, 0.29) is 0 Å². The predicted molar refractivity (Wildman–Crippen MR) is 82.6 cm³/mol.